The molecule has 1 amide bonds. The number of hydrogen-bond donors (Lipinski definition) is 0. The molecule has 8 nitrogen and oxygen atoms in total. The SMILES string of the molecule is O=C(C1COc2ccccc2O1)N1CCN(Cc2cc(=O)n3ccccc3n2)CC1. The summed E-state index contributed by atoms with van der Waals surface area (Å²) in [7, 11) is 0. The van der Waals surface area contributed by atoms with E-state index in [2.05, 4.69) is 9.88 Å². The first-order valence-corrected chi connectivity index (χ1v) is 10.0. The standard InChI is InChI=1S/C22H22N4O4/c27-21-13-16(23-20-7-3-4-8-26(20)21)14-24-9-11-25(12-10-24)22(28)19-15-29-17-5-1-2-6-18(17)30-19/h1-8,13,19H,9-12,14-15H2. The molecule has 0 spiro atoms. The monoisotopic (exact) mass is 406 g/mol. The molecule has 1 saturated heterocycles. The lowest BCUT2D eigenvalue weighted by atomic mass is 10.2. The molecule has 30 heavy (non-hydrogen) atoms. The van der Waals surface area contributed by atoms with Crippen molar-refractivity contribution in [1.82, 2.24) is 19.2 Å². The summed E-state index contributed by atoms with van der Waals surface area (Å²) in [6.45, 7) is 3.44. The van der Waals surface area contributed by atoms with E-state index in [-0.39, 0.29) is 18.1 Å². The van der Waals surface area contributed by atoms with Crippen LogP contribution in [-0.4, -0.2) is 64.0 Å². The van der Waals surface area contributed by atoms with Crippen LogP contribution in [0, 0.1) is 0 Å². The number of nitrogens with zero attached hydrogens (tertiary/aromatic N) is 4. The Bertz CT molecular complexity index is 1140. The summed E-state index contributed by atoms with van der Waals surface area (Å²) in [6, 6.07) is 14.5. The highest BCUT2D eigenvalue weighted by molar-refractivity contribution is 5.82. The summed E-state index contributed by atoms with van der Waals surface area (Å²) in [4.78, 5) is 33.7. The van der Waals surface area contributed by atoms with Crippen LogP contribution in [0.25, 0.3) is 5.65 Å². The van der Waals surface area contributed by atoms with Gasteiger partial charge in [-0.2, -0.15) is 0 Å². The number of aromatic nitrogens is 2. The van der Waals surface area contributed by atoms with Gasteiger partial charge >= 0.3 is 0 Å². The van der Waals surface area contributed by atoms with Crippen molar-refractivity contribution < 1.29 is 14.3 Å². The van der Waals surface area contributed by atoms with Crippen LogP contribution in [0.1, 0.15) is 5.69 Å². The molecule has 2 aromatic heterocycles. The number of benzene rings is 1. The first kappa shape index (κ1) is 18.6. The summed E-state index contributed by atoms with van der Waals surface area (Å²) in [5, 5.41) is 0. The van der Waals surface area contributed by atoms with Crippen molar-refractivity contribution in [3.05, 3.63) is 70.8 Å². The lowest BCUT2D eigenvalue weighted by Gasteiger charge is -2.37. The number of carbonyl (C=O) groups is 1. The van der Waals surface area contributed by atoms with Crippen LogP contribution >= 0.6 is 0 Å². The van der Waals surface area contributed by atoms with Gasteiger partial charge in [0, 0.05) is 45.0 Å². The van der Waals surface area contributed by atoms with Crippen LogP contribution in [0.5, 0.6) is 11.5 Å². The Kier molecular flexibility index (Phi) is 4.84. The fourth-order valence-electron chi connectivity index (χ4n) is 3.88. The Balaban J connectivity index is 1.20. The van der Waals surface area contributed by atoms with Gasteiger partial charge in [-0.25, -0.2) is 4.98 Å². The van der Waals surface area contributed by atoms with Crippen LogP contribution in [0.3, 0.4) is 0 Å². The van der Waals surface area contributed by atoms with Gasteiger partial charge < -0.3 is 14.4 Å². The lowest BCUT2D eigenvalue weighted by Crippen LogP contribution is -2.53. The van der Waals surface area contributed by atoms with E-state index >= 15 is 0 Å². The second-order valence-electron chi connectivity index (χ2n) is 7.48. The molecule has 154 valence electrons. The molecule has 3 aromatic rings. The predicted octanol–water partition coefficient (Wildman–Crippen LogP) is 1.18. The first-order chi connectivity index (χ1) is 14.7. The molecule has 0 saturated carbocycles. The zero-order chi connectivity index (χ0) is 20.5. The molecule has 1 atom stereocenters. The van der Waals surface area contributed by atoms with E-state index in [1.165, 1.54) is 4.40 Å². The molecule has 2 aliphatic heterocycles. The number of ether oxygens (including phenoxy) is 2. The third-order valence-corrected chi connectivity index (χ3v) is 5.48. The maximum absolute atomic E-state index is 12.9. The van der Waals surface area contributed by atoms with E-state index in [1.54, 1.807) is 12.3 Å². The van der Waals surface area contributed by atoms with Gasteiger partial charge in [0.15, 0.2) is 11.5 Å². The van der Waals surface area contributed by atoms with E-state index in [4.69, 9.17) is 9.47 Å². The van der Waals surface area contributed by atoms with Gasteiger partial charge in [-0.15, -0.1) is 0 Å². The number of hydrogen-bond acceptors (Lipinski definition) is 6. The summed E-state index contributed by atoms with van der Waals surface area (Å²) in [5.74, 6) is 1.23. The maximum atomic E-state index is 12.9. The smallest absolute Gasteiger partial charge is 0.267 e. The molecule has 5 rings (SSSR count). The van der Waals surface area contributed by atoms with Gasteiger partial charge in [-0.3, -0.25) is 18.9 Å². The minimum absolute atomic E-state index is 0.0498. The molecule has 1 fully saturated rings. The third-order valence-electron chi connectivity index (χ3n) is 5.48. The van der Waals surface area contributed by atoms with Gasteiger partial charge in [0.05, 0.1) is 5.69 Å². The van der Waals surface area contributed by atoms with Crippen LogP contribution in [0.2, 0.25) is 0 Å². The predicted molar refractivity (Wildman–Crippen MR) is 110 cm³/mol. The minimum atomic E-state index is -0.617. The Morgan fingerprint density at radius 1 is 1.03 bits per heavy atom. The summed E-state index contributed by atoms with van der Waals surface area (Å²) in [5.41, 5.74) is 1.30. The fraction of sp³-hybridized carbons (Fsp3) is 0.318. The van der Waals surface area contributed by atoms with E-state index in [9.17, 15) is 9.59 Å². The summed E-state index contributed by atoms with van der Waals surface area (Å²) in [6.07, 6.45) is 1.10. The highest BCUT2D eigenvalue weighted by Gasteiger charge is 2.32. The summed E-state index contributed by atoms with van der Waals surface area (Å²) < 4.78 is 13.1. The number of para-hydroxylation sites is 2. The van der Waals surface area contributed by atoms with Crippen molar-refractivity contribution in [2.75, 3.05) is 32.8 Å². The largest absolute Gasteiger partial charge is 0.485 e. The van der Waals surface area contributed by atoms with Crippen LogP contribution < -0.4 is 15.0 Å². The molecular weight excluding hydrogens is 384 g/mol. The second-order valence-corrected chi connectivity index (χ2v) is 7.48. The van der Waals surface area contributed by atoms with Crippen LogP contribution in [0.15, 0.2) is 59.5 Å². The molecule has 0 radical (unpaired) electrons. The van der Waals surface area contributed by atoms with Crippen molar-refractivity contribution in [2.24, 2.45) is 0 Å². The molecule has 0 bridgehead atoms. The highest BCUT2D eigenvalue weighted by Crippen LogP contribution is 2.31. The van der Waals surface area contributed by atoms with E-state index in [1.807, 2.05) is 47.4 Å². The van der Waals surface area contributed by atoms with Gasteiger partial charge in [-0.1, -0.05) is 18.2 Å². The Morgan fingerprint density at radius 2 is 1.80 bits per heavy atom. The minimum Gasteiger partial charge on any atom is -0.485 e. The number of fused-ring (bicyclic) bond motifs is 2. The number of carbonyl (C=O) groups excluding carboxylic acids is 1. The number of piperazine rings is 1. The van der Waals surface area contributed by atoms with Gasteiger partial charge in [0.2, 0.25) is 6.10 Å². The molecule has 2 aliphatic rings. The fourth-order valence-corrected chi connectivity index (χ4v) is 3.88. The van der Waals surface area contributed by atoms with Crippen LogP contribution in [0.4, 0.5) is 0 Å². The lowest BCUT2D eigenvalue weighted by molar-refractivity contribution is -0.143. The molecule has 8 heteroatoms. The molecular formula is C22H22N4O4. The molecule has 0 N–H and O–H groups in total. The van der Waals surface area contributed by atoms with E-state index in [0.717, 1.165) is 5.69 Å². The second kappa shape index (κ2) is 7.79. The van der Waals surface area contributed by atoms with Crippen LogP contribution in [-0.2, 0) is 11.3 Å². The average molecular weight is 406 g/mol. The van der Waals surface area contributed by atoms with Crippen molar-refractivity contribution in [3.8, 4) is 11.5 Å². The van der Waals surface area contributed by atoms with Crippen molar-refractivity contribution >= 4 is 11.6 Å². The molecule has 1 aromatic carbocycles. The van der Waals surface area contributed by atoms with Crippen molar-refractivity contribution in [2.45, 2.75) is 12.6 Å². The number of pyridine rings is 1. The zero-order valence-electron chi connectivity index (χ0n) is 16.4. The molecule has 0 aliphatic carbocycles. The first-order valence-electron chi connectivity index (χ1n) is 10.0. The topological polar surface area (TPSA) is 76.4 Å². The van der Waals surface area contributed by atoms with Crippen molar-refractivity contribution in [3.63, 3.8) is 0 Å². The normalized spacial score (nSPS) is 19.1. The molecule has 1 unspecified atom stereocenters. The van der Waals surface area contributed by atoms with E-state index in [0.29, 0.717) is 49.9 Å². The Hall–Kier alpha value is -3.39. The van der Waals surface area contributed by atoms with Gasteiger partial charge in [0.1, 0.15) is 12.3 Å². The van der Waals surface area contributed by atoms with Crippen molar-refractivity contribution in [1.29, 1.82) is 0 Å². The van der Waals surface area contributed by atoms with E-state index < -0.39 is 6.10 Å². The Labute approximate surface area is 173 Å². The van der Waals surface area contributed by atoms with Gasteiger partial charge in [0.25, 0.3) is 11.5 Å². The molecule has 4 heterocycles. The maximum Gasteiger partial charge on any atom is 0.267 e. The number of rotatable bonds is 3. The average Bonchev–Trinajstić information content (AvgIpc) is 2.79. The number of amides is 1. The quantitative estimate of drug-likeness (QED) is 0.650. The van der Waals surface area contributed by atoms with Gasteiger partial charge in [-0.05, 0) is 24.3 Å². The highest BCUT2D eigenvalue weighted by atomic mass is 16.6. The Morgan fingerprint density at radius 3 is 2.63 bits per heavy atom. The third kappa shape index (κ3) is 3.61. The zero-order valence-corrected chi connectivity index (χ0v) is 16.4. The summed E-state index contributed by atoms with van der Waals surface area (Å²) >= 11 is 0.